The Hall–Kier alpha value is -2.07. The molecular weight excluding hydrogens is 200 g/mol. The number of hydrogen-bond acceptors (Lipinski definition) is 4. The van der Waals surface area contributed by atoms with Crippen molar-refractivity contribution in [2.24, 2.45) is 0 Å². The summed E-state index contributed by atoms with van der Waals surface area (Å²) in [6.45, 7) is 4.77. The summed E-state index contributed by atoms with van der Waals surface area (Å²) in [6, 6.07) is 8.00. The van der Waals surface area contributed by atoms with Crippen LogP contribution < -0.4 is 4.90 Å². The molecule has 82 valence electrons. The average molecular weight is 214 g/mol. The van der Waals surface area contributed by atoms with E-state index in [1.807, 2.05) is 17.0 Å². The summed E-state index contributed by atoms with van der Waals surface area (Å²) in [4.78, 5) is 6.26. The number of nitrogens with zero attached hydrogens (tertiary/aromatic N) is 4. The van der Waals surface area contributed by atoms with Gasteiger partial charge in [0.2, 0.25) is 0 Å². The summed E-state index contributed by atoms with van der Waals surface area (Å²) >= 11 is 0. The van der Waals surface area contributed by atoms with Gasteiger partial charge in [0.15, 0.2) is 0 Å². The van der Waals surface area contributed by atoms with E-state index in [9.17, 15) is 0 Å². The molecule has 16 heavy (non-hydrogen) atoms. The second-order valence-electron chi connectivity index (χ2n) is 3.71. The van der Waals surface area contributed by atoms with Crippen LogP contribution in [0.15, 0.2) is 18.3 Å². The monoisotopic (exact) mass is 214 g/mol. The number of rotatable bonds is 4. The lowest BCUT2D eigenvalue weighted by Gasteiger charge is -2.26. The fourth-order valence-electron chi connectivity index (χ4n) is 1.43. The summed E-state index contributed by atoms with van der Waals surface area (Å²) in [6.07, 6.45) is 2.02. The molecule has 0 aliphatic carbocycles. The van der Waals surface area contributed by atoms with E-state index in [4.69, 9.17) is 10.5 Å². The molecule has 1 heterocycles. The standard InChI is InChI=1S/C12H14N4/c1-10(2)16(7-3-6-13)12-5-4-11(8-14)9-15-12/h4-5,9-10H,3,7H2,1-2H3. The van der Waals surface area contributed by atoms with Gasteiger partial charge in [-0.05, 0) is 26.0 Å². The number of anilines is 1. The molecule has 0 bridgehead atoms. The number of hydrogen-bond donors (Lipinski definition) is 0. The van der Waals surface area contributed by atoms with Crippen LogP contribution in [0.25, 0.3) is 0 Å². The predicted octanol–water partition coefficient (Wildman–Crippen LogP) is 2.08. The summed E-state index contributed by atoms with van der Waals surface area (Å²) in [5, 5.41) is 17.3. The van der Waals surface area contributed by atoms with E-state index < -0.39 is 0 Å². The number of aromatic nitrogens is 1. The van der Waals surface area contributed by atoms with Crippen LogP contribution in [0.1, 0.15) is 25.8 Å². The van der Waals surface area contributed by atoms with Crippen LogP contribution in [0.5, 0.6) is 0 Å². The zero-order valence-corrected chi connectivity index (χ0v) is 9.51. The van der Waals surface area contributed by atoms with Crippen LogP contribution in [-0.2, 0) is 0 Å². The van der Waals surface area contributed by atoms with Gasteiger partial charge in [0.05, 0.1) is 18.1 Å². The van der Waals surface area contributed by atoms with E-state index in [-0.39, 0.29) is 6.04 Å². The van der Waals surface area contributed by atoms with E-state index >= 15 is 0 Å². The van der Waals surface area contributed by atoms with Gasteiger partial charge in [-0.15, -0.1) is 0 Å². The third-order valence-corrected chi connectivity index (χ3v) is 2.26. The van der Waals surface area contributed by atoms with Gasteiger partial charge in [-0.2, -0.15) is 10.5 Å². The SMILES string of the molecule is CC(C)N(CCC#N)c1ccc(C#N)cn1. The molecule has 0 aliphatic rings. The van der Waals surface area contributed by atoms with Gasteiger partial charge < -0.3 is 4.90 Å². The Morgan fingerprint density at radius 3 is 2.56 bits per heavy atom. The smallest absolute Gasteiger partial charge is 0.128 e. The van der Waals surface area contributed by atoms with Crippen LogP contribution in [0.2, 0.25) is 0 Å². The molecule has 4 heteroatoms. The van der Waals surface area contributed by atoms with Crippen molar-refractivity contribution in [2.45, 2.75) is 26.3 Å². The lowest BCUT2D eigenvalue weighted by molar-refractivity contribution is 0.677. The van der Waals surface area contributed by atoms with E-state index in [0.717, 1.165) is 5.82 Å². The molecule has 0 amide bonds. The molecule has 1 rings (SSSR count). The zero-order valence-electron chi connectivity index (χ0n) is 9.51. The van der Waals surface area contributed by atoms with Crippen molar-refractivity contribution in [3.8, 4) is 12.1 Å². The molecule has 0 N–H and O–H groups in total. The molecule has 0 radical (unpaired) electrons. The minimum atomic E-state index is 0.286. The Kier molecular flexibility index (Phi) is 4.29. The molecule has 0 aliphatic heterocycles. The second kappa shape index (κ2) is 5.72. The molecule has 0 fully saturated rings. The molecular formula is C12H14N4. The van der Waals surface area contributed by atoms with Crippen molar-refractivity contribution in [3.05, 3.63) is 23.9 Å². The highest BCUT2D eigenvalue weighted by atomic mass is 15.2. The fourth-order valence-corrected chi connectivity index (χ4v) is 1.43. The number of pyridine rings is 1. The molecule has 0 aromatic carbocycles. The van der Waals surface area contributed by atoms with E-state index in [1.54, 1.807) is 12.3 Å². The average Bonchev–Trinajstić information content (AvgIpc) is 2.30. The fraction of sp³-hybridized carbons (Fsp3) is 0.417. The van der Waals surface area contributed by atoms with Crippen molar-refractivity contribution in [1.29, 1.82) is 10.5 Å². The highest BCUT2D eigenvalue weighted by molar-refractivity contribution is 5.42. The van der Waals surface area contributed by atoms with Crippen LogP contribution >= 0.6 is 0 Å². The minimum Gasteiger partial charge on any atom is -0.353 e. The summed E-state index contributed by atoms with van der Waals surface area (Å²) in [5.74, 6) is 0.809. The first kappa shape index (κ1) is 12.0. The Morgan fingerprint density at radius 2 is 2.12 bits per heavy atom. The van der Waals surface area contributed by atoms with Crippen molar-refractivity contribution >= 4 is 5.82 Å². The highest BCUT2D eigenvalue weighted by Crippen LogP contribution is 2.14. The normalized spacial score (nSPS) is 9.56. The maximum atomic E-state index is 8.67. The summed E-state index contributed by atoms with van der Waals surface area (Å²) in [5.41, 5.74) is 0.549. The van der Waals surface area contributed by atoms with Crippen LogP contribution in [0, 0.1) is 22.7 Å². The second-order valence-corrected chi connectivity index (χ2v) is 3.71. The minimum absolute atomic E-state index is 0.286. The molecule has 1 aromatic heterocycles. The Bertz CT molecular complexity index is 408. The van der Waals surface area contributed by atoms with Gasteiger partial charge in [-0.1, -0.05) is 0 Å². The van der Waals surface area contributed by atoms with Crippen LogP contribution in [0.3, 0.4) is 0 Å². The van der Waals surface area contributed by atoms with Gasteiger partial charge in [-0.3, -0.25) is 0 Å². The van der Waals surface area contributed by atoms with E-state index in [0.29, 0.717) is 18.5 Å². The van der Waals surface area contributed by atoms with Crippen molar-refractivity contribution in [2.75, 3.05) is 11.4 Å². The van der Waals surface area contributed by atoms with Crippen LogP contribution in [0.4, 0.5) is 5.82 Å². The van der Waals surface area contributed by atoms with Crippen molar-refractivity contribution in [3.63, 3.8) is 0 Å². The molecule has 4 nitrogen and oxygen atoms in total. The lowest BCUT2D eigenvalue weighted by Crippen LogP contribution is -2.32. The van der Waals surface area contributed by atoms with E-state index in [2.05, 4.69) is 24.9 Å². The molecule has 0 atom stereocenters. The predicted molar refractivity (Wildman–Crippen MR) is 61.7 cm³/mol. The van der Waals surface area contributed by atoms with Gasteiger partial charge in [-0.25, -0.2) is 4.98 Å². The highest BCUT2D eigenvalue weighted by Gasteiger charge is 2.10. The first-order valence-corrected chi connectivity index (χ1v) is 5.18. The van der Waals surface area contributed by atoms with Gasteiger partial charge in [0.1, 0.15) is 11.9 Å². The molecule has 1 aromatic rings. The molecule has 0 saturated carbocycles. The third-order valence-electron chi connectivity index (χ3n) is 2.26. The first-order chi connectivity index (χ1) is 7.69. The molecule has 0 saturated heterocycles. The largest absolute Gasteiger partial charge is 0.353 e. The zero-order chi connectivity index (χ0) is 12.0. The molecule has 0 spiro atoms. The van der Waals surface area contributed by atoms with Crippen molar-refractivity contribution in [1.82, 2.24) is 4.98 Å². The van der Waals surface area contributed by atoms with Gasteiger partial charge in [0.25, 0.3) is 0 Å². The van der Waals surface area contributed by atoms with Crippen LogP contribution in [-0.4, -0.2) is 17.6 Å². The van der Waals surface area contributed by atoms with Gasteiger partial charge in [0, 0.05) is 18.8 Å². The van der Waals surface area contributed by atoms with E-state index in [1.165, 1.54) is 0 Å². The Morgan fingerprint density at radius 1 is 1.38 bits per heavy atom. The Balaban J connectivity index is 2.85. The van der Waals surface area contributed by atoms with Gasteiger partial charge >= 0.3 is 0 Å². The third kappa shape index (κ3) is 2.96. The first-order valence-electron chi connectivity index (χ1n) is 5.18. The van der Waals surface area contributed by atoms with Crippen molar-refractivity contribution < 1.29 is 0 Å². The summed E-state index contributed by atoms with van der Waals surface area (Å²) < 4.78 is 0. The lowest BCUT2D eigenvalue weighted by atomic mass is 10.2. The number of nitriles is 2. The quantitative estimate of drug-likeness (QED) is 0.769. The molecule has 0 unspecified atom stereocenters. The topological polar surface area (TPSA) is 63.7 Å². The Labute approximate surface area is 95.8 Å². The maximum Gasteiger partial charge on any atom is 0.128 e. The summed E-state index contributed by atoms with van der Waals surface area (Å²) in [7, 11) is 0. The maximum absolute atomic E-state index is 8.67.